The van der Waals surface area contributed by atoms with Crippen molar-refractivity contribution in [2.75, 3.05) is 32.7 Å². The molecule has 0 aromatic rings. The average Bonchev–Trinajstić information content (AvgIpc) is 2.90. The number of hydrogen-bond donors (Lipinski definition) is 1. The first-order valence-corrected chi connectivity index (χ1v) is 7.99. The molecular formula is C15H29N3. The van der Waals surface area contributed by atoms with Gasteiger partial charge >= 0.3 is 0 Å². The Kier molecular flexibility index (Phi) is 3.65. The molecule has 1 saturated carbocycles. The summed E-state index contributed by atoms with van der Waals surface area (Å²) in [4.78, 5) is 5.46. The monoisotopic (exact) mass is 251 g/mol. The van der Waals surface area contributed by atoms with E-state index in [9.17, 15) is 0 Å². The Hall–Kier alpha value is -0.120. The molecule has 2 heterocycles. The van der Waals surface area contributed by atoms with Crippen LogP contribution in [0.5, 0.6) is 0 Å². The molecule has 0 amide bonds. The SMILES string of the molecule is CCN(CC1CCC1)C1(CN)CCN2CCCC21. The summed E-state index contributed by atoms with van der Waals surface area (Å²) in [5.74, 6) is 0.962. The van der Waals surface area contributed by atoms with Gasteiger partial charge in [-0.1, -0.05) is 13.3 Å². The minimum Gasteiger partial charge on any atom is -0.329 e. The molecule has 0 spiro atoms. The van der Waals surface area contributed by atoms with Crippen LogP contribution < -0.4 is 5.73 Å². The van der Waals surface area contributed by atoms with E-state index in [1.165, 1.54) is 64.7 Å². The van der Waals surface area contributed by atoms with Gasteiger partial charge in [-0.05, 0) is 51.1 Å². The van der Waals surface area contributed by atoms with Crippen LogP contribution in [-0.2, 0) is 0 Å². The molecule has 0 aromatic carbocycles. The fraction of sp³-hybridized carbons (Fsp3) is 1.00. The predicted molar refractivity (Wildman–Crippen MR) is 75.6 cm³/mol. The van der Waals surface area contributed by atoms with E-state index in [1.54, 1.807) is 0 Å². The van der Waals surface area contributed by atoms with Crippen molar-refractivity contribution in [3.05, 3.63) is 0 Å². The van der Waals surface area contributed by atoms with Crippen molar-refractivity contribution < 1.29 is 0 Å². The summed E-state index contributed by atoms with van der Waals surface area (Å²) >= 11 is 0. The fourth-order valence-electron chi connectivity index (χ4n) is 4.56. The zero-order chi connectivity index (χ0) is 12.6. The van der Waals surface area contributed by atoms with Gasteiger partial charge in [-0.2, -0.15) is 0 Å². The second-order valence-electron chi connectivity index (χ2n) is 6.59. The highest BCUT2D eigenvalue weighted by Gasteiger charge is 2.51. The number of hydrogen-bond acceptors (Lipinski definition) is 3. The molecule has 2 saturated heterocycles. The Balaban J connectivity index is 1.75. The highest BCUT2D eigenvalue weighted by Crippen LogP contribution is 2.41. The lowest BCUT2D eigenvalue weighted by atomic mass is 9.81. The number of likely N-dealkylation sites (N-methyl/N-ethyl adjacent to an activating group) is 1. The van der Waals surface area contributed by atoms with E-state index in [2.05, 4.69) is 16.7 Å². The van der Waals surface area contributed by atoms with E-state index in [4.69, 9.17) is 5.73 Å². The van der Waals surface area contributed by atoms with Crippen molar-refractivity contribution in [3.8, 4) is 0 Å². The number of nitrogens with two attached hydrogens (primary N) is 1. The van der Waals surface area contributed by atoms with Crippen LogP contribution in [0.4, 0.5) is 0 Å². The first-order chi connectivity index (χ1) is 8.80. The molecule has 3 rings (SSSR count). The van der Waals surface area contributed by atoms with Crippen molar-refractivity contribution in [1.29, 1.82) is 0 Å². The molecule has 3 heteroatoms. The summed E-state index contributed by atoms with van der Waals surface area (Å²) in [6.07, 6.45) is 8.41. The molecule has 2 unspecified atom stereocenters. The molecule has 0 aromatic heterocycles. The van der Waals surface area contributed by atoms with Crippen molar-refractivity contribution in [2.45, 2.75) is 57.0 Å². The summed E-state index contributed by atoms with van der Waals surface area (Å²) in [6, 6.07) is 0.752. The largest absolute Gasteiger partial charge is 0.329 e. The predicted octanol–water partition coefficient (Wildman–Crippen LogP) is 1.67. The molecule has 2 atom stereocenters. The highest BCUT2D eigenvalue weighted by atomic mass is 15.3. The molecule has 1 aliphatic carbocycles. The molecule has 104 valence electrons. The summed E-state index contributed by atoms with van der Waals surface area (Å²) in [7, 11) is 0. The minimum absolute atomic E-state index is 0.306. The summed E-state index contributed by atoms with van der Waals surface area (Å²) < 4.78 is 0. The van der Waals surface area contributed by atoms with Crippen LogP contribution in [0.2, 0.25) is 0 Å². The van der Waals surface area contributed by atoms with E-state index in [-0.39, 0.29) is 0 Å². The smallest absolute Gasteiger partial charge is 0.0498 e. The maximum Gasteiger partial charge on any atom is 0.0498 e. The van der Waals surface area contributed by atoms with Crippen molar-refractivity contribution in [3.63, 3.8) is 0 Å². The molecular weight excluding hydrogens is 222 g/mol. The Bertz CT molecular complexity index is 289. The third-order valence-electron chi connectivity index (χ3n) is 5.88. The van der Waals surface area contributed by atoms with Crippen LogP contribution in [0.1, 0.15) is 45.4 Å². The van der Waals surface area contributed by atoms with Gasteiger partial charge in [0.2, 0.25) is 0 Å². The zero-order valence-corrected chi connectivity index (χ0v) is 11.9. The van der Waals surface area contributed by atoms with Gasteiger partial charge in [-0.3, -0.25) is 9.80 Å². The summed E-state index contributed by atoms with van der Waals surface area (Å²) in [5, 5.41) is 0. The van der Waals surface area contributed by atoms with Gasteiger partial charge in [0, 0.05) is 31.2 Å². The quantitative estimate of drug-likeness (QED) is 0.807. The lowest BCUT2D eigenvalue weighted by molar-refractivity contribution is 0.0417. The molecule has 2 aliphatic heterocycles. The molecule has 3 fully saturated rings. The van der Waals surface area contributed by atoms with Gasteiger partial charge in [-0.25, -0.2) is 0 Å². The number of nitrogens with zero attached hydrogens (tertiary/aromatic N) is 2. The summed E-state index contributed by atoms with van der Waals surface area (Å²) in [6.45, 7) is 8.26. The van der Waals surface area contributed by atoms with Crippen molar-refractivity contribution in [2.24, 2.45) is 11.7 Å². The normalized spacial score (nSPS) is 37.2. The molecule has 18 heavy (non-hydrogen) atoms. The van der Waals surface area contributed by atoms with Crippen LogP contribution >= 0.6 is 0 Å². The van der Waals surface area contributed by atoms with Gasteiger partial charge < -0.3 is 5.73 Å². The Morgan fingerprint density at radius 3 is 2.67 bits per heavy atom. The van der Waals surface area contributed by atoms with Crippen molar-refractivity contribution >= 4 is 0 Å². The molecule has 0 bridgehead atoms. The van der Waals surface area contributed by atoms with Crippen LogP contribution in [0, 0.1) is 5.92 Å². The van der Waals surface area contributed by atoms with Gasteiger partial charge in [0.25, 0.3) is 0 Å². The Labute approximate surface area is 112 Å². The third kappa shape index (κ3) is 1.91. The highest BCUT2D eigenvalue weighted by molar-refractivity contribution is 5.10. The van der Waals surface area contributed by atoms with Gasteiger partial charge in [0.15, 0.2) is 0 Å². The standard InChI is InChI=1S/C15H29N3/c1-2-18(11-13-5-3-6-13)15(12-16)8-10-17-9-4-7-14(15)17/h13-14H,2-12,16H2,1H3. The van der Waals surface area contributed by atoms with Crippen LogP contribution in [0.3, 0.4) is 0 Å². The molecule has 2 N–H and O–H groups in total. The number of fused-ring (bicyclic) bond motifs is 1. The fourth-order valence-corrected chi connectivity index (χ4v) is 4.56. The van der Waals surface area contributed by atoms with Gasteiger partial charge in [-0.15, -0.1) is 0 Å². The first kappa shape index (κ1) is 12.9. The molecule has 3 nitrogen and oxygen atoms in total. The zero-order valence-electron chi connectivity index (χ0n) is 11.9. The van der Waals surface area contributed by atoms with Crippen molar-refractivity contribution in [1.82, 2.24) is 9.80 Å². The Morgan fingerprint density at radius 1 is 1.22 bits per heavy atom. The molecule has 0 radical (unpaired) electrons. The second kappa shape index (κ2) is 5.10. The van der Waals surface area contributed by atoms with E-state index in [0.717, 1.165) is 18.5 Å². The Morgan fingerprint density at radius 2 is 2.06 bits per heavy atom. The maximum absolute atomic E-state index is 6.27. The van der Waals surface area contributed by atoms with Crippen LogP contribution in [0.25, 0.3) is 0 Å². The first-order valence-electron chi connectivity index (χ1n) is 7.99. The summed E-state index contributed by atoms with van der Waals surface area (Å²) in [5.41, 5.74) is 6.57. The third-order valence-corrected chi connectivity index (χ3v) is 5.88. The topological polar surface area (TPSA) is 32.5 Å². The lowest BCUT2D eigenvalue weighted by Gasteiger charge is -2.46. The lowest BCUT2D eigenvalue weighted by Crippen LogP contribution is -2.61. The second-order valence-corrected chi connectivity index (χ2v) is 6.59. The van der Waals surface area contributed by atoms with E-state index >= 15 is 0 Å². The van der Waals surface area contributed by atoms with Gasteiger partial charge in [0.1, 0.15) is 0 Å². The molecule has 3 aliphatic rings. The van der Waals surface area contributed by atoms with Gasteiger partial charge in [0.05, 0.1) is 0 Å². The van der Waals surface area contributed by atoms with Crippen LogP contribution in [0.15, 0.2) is 0 Å². The number of rotatable bonds is 5. The van der Waals surface area contributed by atoms with E-state index in [1.807, 2.05) is 0 Å². The average molecular weight is 251 g/mol. The minimum atomic E-state index is 0.306. The van der Waals surface area contributed by atoms with E-state index in [0.29, 0.717) is 5.54 Å². The van der Waals surface area contributed by atoms with Crippen LogP contribution in [-0.4, -0.2) is 54.1 Å². The van der Waals surface area contributed by atoms with E-state index < -0.39 is 0 Å². The maximum atomic E-state index is 6.27.